The van der Waals surface area contributed by atoms with Gasteiger partial charge in [-0.1, -0.05) is 13.8 Å². The maximum absolute atomic E-state index is 11.6. The number of rotatable bonds is 2. The zero-order valence-electron chi connectivity index (χ0n) is 10.5. The van der Waals surface area contributed by atoms with Crippen LogP contribution < -0.4 is 0 Å². The van der Waals surface area contributed by atoms with E-state index < -0.39 is 0 Å². The lowest BCUT2D eigenvalue weighted by Gasteiger charge is -2.24. The monoisotopic (exact) mass is 241 g/mol. The van der Waals surface area contributed by atoms with Gasteiger partial charge in [0.2, 0.25) is 0 Å². The third kappa shape index (κ3) is 3.24. The second-order valence-electron chi connectivity index (χ2n) is 5.71. The second-order valence-corrected chi connectivity index (χ2v) is 7.52. The lowest BCUT2D eigenvalue weighted by Crippen LogP contribution is -2.33. The van der Waals surface area contributed by atoms with E-state index in [1.807, 2.05) is 0 Å². The molecule has 1 heterocycles. The van der Waals surface area contributed by atoms with Gasteiger partial charge < -0.3 is 4.90 Å². The minimum atomic E-state index is 0.353. The zero-order valence-corrected chi connectivity index (χ0v) is 11.3. The van der Waals surface area contributed by atoms with E-state index in [1.54, 1.807) is 0 Å². The molecule has 2 rings (SSSR count). The van der Waals surface area contributed by atoms with Gasteiger partial charge in [-0.3, -0.25) is 4.79 Å². The van der Waals surface area contributed by atoms with Crippen molar-refractivity contribution in [3.05, 3.63) is 0 Å². The average molecular weight is 241 g/mol. The van der Waals surface area contributed by atoms with Crippen LogP contribution in [0.15, 0.2) is 0 Å². The van der Waals surface area contributed by atoms with Crippen LogP contribution in [0.3, 0.4) is 0 Å². The van der Waals surface area contributed by atoms with E-state index in [1.165, 1.54) is 18.7 Å². The quantitative estimate of drug-likeness (QED) is 0.741. The maximum Gasteiger partial charge on any atom is 0.137 e. The first-order valence-corrected chi connectivity index (χ1v) is 7.44. The standard InChI is InChI=1S/C13H23NOS/c1-13(2)6-7-14(8-9-16-13)10-11-4-3-5-12(11)15/h11H,3-10H2,1-2H3. The first-order valence-electron chi connectivity index (χ1n) is 6.46. The Labute approximate surface area is 103 Å². The first kappa shape index (κ1) is 12.4. The molecule has 0 spiro atoms. The number of ketones is 1. The van der Waals surface area contributed by atoms with Crippen molar-refractivity contribution in [2.45, 2.75) is 44.3 Å². The van der Waals surface area contributed by atoms with Gasteiger partial charge in [-0.05, 0) is 25.8 Å². The summed E-state index contributed by atoms with van der Waals surface area (Å²) < 4.78 is 0.425. The van der Waals surface area contributed by atoms with Crippen molar-refractivity contribution in [3.8, 4) is 0 Å². The van der Waals surface area contributed by atoms with Gasteiger partial charge in [0.05, 0.1) is 0 Å². The summed E-state index contributed by atoms with van der Waals surface area (Å²) in [5.74, 6) is 2.08. The lowest BCUT2D eigenvalue weighted by molar-refractivity contribution is -0.121. The fraction of sp³-hybridized carbons (Fsp3) is 0.923. The molecule has 2 nitrogen and oxygen atoms in total. The number of hydrogen-bond donors (Lipinski definition) is 0. The Morgan fingerprint density at radius 2 is 2.25 bits per heavy atom. The van der Waals surface area contributed by atoms with Crippen molar-refractivity contribution in [1.82, 2.24) is 4.90 Å². The molecule has 0 aromatic heterocycles. The number of nitrogens with zero attached hydrogens (tertiary/aromatic N) is 1. The molecule has 1 aliphatic heterocycles. The minimum absolute atomic E-state index is 0.353. The Kier molecular flexibility index (Phi) is 3.96. The molecular weight excluding hydrogens is 218 g/mol. The number of hydrogen-bond acceptors (Lipinski definition) is 3. The molecule has 0 aromatic carbocycles. The summed E-state index contributed by atoms with van der Waals surface area (Å²) >= 11 is 2.08. The van der Waals surface area contributed by atoms with Gasteiger partial charge in [-0.2, -0.15) is 11.8 Å². The van der Waals surface area contributed by atoms with Gasteiger partial charge >= 0.3 is 0 Å². The molecule has 16 heavy (non-hydrogen) atoms. The average Bonchev–Trinajstić information content (AvgIpc) is 2.52. The van der Waals surface area contributed by atoms with Crippen LogP contribution in [0.25, 0.3) is 0 Å². The van der Waals surface area contributed by atoms with E-state index in [2.05, 4.69) is 30.5 Å². The smallest absolute Gasteiger partial charge is 0.137 e. The highest BCUT2D eigenvalue weighted by atomic mass is 32.2. The first-order chi connectivity index (χ1) is 7.57. The van der Waals surface area contributed by atoms with Crippen LogP contribution in [0.1, 0.15) is 39.5 Å². The number of carbonyl (C=O) groups excluding carboxylic acids is 1. The highest BCUT2D eigenvalue weighted by molar-refractivity contribution is 8.00. The summed E-state index contributed by atoms with van der Waals surface area (Å²) in [4.78, 5) is 14.1. The molecule has 1 aliphatic carbocycles. The summed E-state index contributed by atoms with van der Waals surface area (Å²) in [5, 5.41) is 0. The largest absolute Gasteiger partial charge is 0.302 e. The summed E-state index contributed by atoms with van der Waals surface area (Å²) in [6.07, 6.45) is 4.33. The predicted molar refractivity (Wildman–Crippen MR) is 69.9 cm³/mol. The van der Waals surface area contributed by atoms with E-state index in [0.717, 1.165) is 32.4 Å². The van der Waals surface area contributed by atoms with Crippen LogP contribution in [0.2, 0.25) is 0 Å². The molecule has 2 fully saturated rings. The van der Waals surface area contributed by atoms with E-state index in [-0.39, 0.29) is 0 Å². The van der Waals surface area contributed by atoms with Crippen molar-refractivity contribution < 1.29 is 4.79 Å². The van der Waals surface area contributed by atoms with Gasteiger partial charge in [-0.15, -0.1) is 0 Å². The van der Waals surface area contributed by atoms with Crippen molar-refractivity contribution in [2.75, 3.05) is 25.4 Å². The minimum Gasteiger partial charge on any atom is -0.302 e. The lowest BCUT2D eigenvalue weighted by atomic mass is 10.1. The summed E-state index contributed by atoms with van der Waals surface area (Å²) in [5.41, 5.74) is 0. The summed E-state index contributed by atoms with van der Waals surface area (Å²) in [7, 11) is 0. The van der Waals surface area contributed by atoms with Crippen LogP contribution in [0.5, 0.6) is 0 Å². The fourth-order valence-electron chi connectivity index (χ4n) is 2.64. The van der Waals surface area contributed by atoms with E-state index in [9.17, 15) is 4.79 Å². The van der Waals surface area contributed by atoms with Crippen LogP contribution in [0, 0.1) is 5.92 Å². The molecule has 2 aliphatic rings. The molecule has 92 valence electrons. The van der Waals surface area contributed by atoms with Gasteiger partial charge in [0.1, 0.15) is 5.78 Å². The number of carbonyl (C=O) groups is 1. The van der Waals surface area contributed by atoms with E-state index in [4.69, 9.17) is 0 Å². The fourth-order valence-corrected chi connectivity index (χ4v) is 3.78. The Morgan fingerprint density at radius 1 is 1.44 bits per heavy atom. The predicted octanol–water partition coefficient (Wildman–Crippen LogP) is 2.57. The molecule has 1 unspecified atom stereocenters. The third-order valence-electron chi connectivity index (χ3n) is 3.84. The van der Waals surface area contributed by atoms with Crippen molar-refractivity contribution >= 4 is 17.5 Å². The molecular formula is C13H23NOS. The van der Waals surface area contributed by atoms with Crippen LogP contribution >= 0.6 is 11.8 Å². The number of thioether (sulfide) groups is 1. The van der Waals surface area contributed by atoms with Crippen molar-refractivity contribution in [2.24, 2.45) is 5.92 Å². The highest BCUT2D eigenvalue weighted by Gasteiger charge is 2.29. The van der Waals surface area contributed by atoms with E-state index >= 15 is 0 Å². The van der Waals surface area contributed by atoms with Crippen LogP contribution in [0.4, 0.5) is 0 Å². The van der Waals surface area contributed by atoms with E-state index in [0.29, 0.717) is 16.4 Å². The van der Waals surface area contributed by atoms with Gasteiger partial charge in [0.25, 0.3) is 0 Å². The van der Waals surface area contributed by atoms with Crippen molar-refractivity contribution in [1.29, 1.82) is 0 Å². The maximum atomic E-state index is 11.6. The van der Waals surface area contributed by atoms with Gasteiger partial charge in [-0.25, -0.2) is 0 Å². The molecule has 0 amide bonds. The van der Waals surface area contributed by atoms with Crippen molar-refractivity contribution in [3.63, 3.8) is 0 Å². The zero-order chi connectivity index (χ0) is 11.6. The Balaban J connectivity index is 1.84. The molecule has 0 N–H and O–H groups in total. The van der Waals surface area contributed by atoms with Crippen LogP contribution in [-0.2, 0) is 4.79 Å². The molecule has 0 radical (unpaired) electrons. The van der Waals surface area contributed by atoms with Gasteiger partial charge in [0, 0.05) is 35.9 Å². The molecule has 0 bridgehead atoms. The summed E-state index contributed by atoms with van der Waals surface area (Å²) in [6, 6.07) is 0. The molecule has 1 atom stereocenters. The third-order valence-corrected chi connectivity index (χ3v) is 5.21. The number of Topliss-reactive ketones (excluding diaryl/α,β-unsaturated/α-hetero) is 1. The highest BCUT2D eigenvalue weighted by Crippen LogP contribution is 2.31. The topological polar surface area (TPSA) is 20.3 Å². The molecule has 1 saturated carbocycles. The Morgan fingerprint density at radius 3 is 2.94 bits per heavy atom. The second kappa shape index (κ2) is 5.09. The Bertz CT molecular complexity index is 265. The van der Waals surface area contributed by atoms with Crippen LogP contribution in [-0.4, -0.2) is 40.8 Å². The molecule has 0 aromatic rings. The summed E-state index contributed by atoms with van der Waals surface area (Å²) in [6.45, 7) is 8.03. The van der Waals surface area contributed by atoms with Gasteiger partial charge in [0.15, 0.2) is 0 Å². The Hall–Kier alpha value is -0.0200. The molecule has 3 heteroatoms. The normalized spacial score (nSPS) is 31.6. The molecule has 1 saturated heterocycles. The SMILES string of the molecule is CC1(C)CCN(CC2CCCC2=O)CCS1.